The molecule has 0 saturated carbocycles. The topological polar surface area (TPSA) is 255 Å². The molecule has 5 atom stereocenters. The number of nitrogens with two attached hydrogens (primary N) is 2. The smallest absolute Gasteiger partial charge is 0.303 e. The molecule has 0 radical (unpaired) electrons. The molecule has 1 fully saturated rings. The molecule has 0 aliphatic carbocycles. The van der Waals surface area contributed by atoms with Crippen LogP contribution >= 0.6 is 23.2 Å². The number of rotatable bonds is 26. The van der Waals surface area contributed by atoms with Crippen LogP contribution in [0.25, 0.3) is 0 Å². The number of hydrogen-bond acceptors (Lipinski definition) is 14. The molecule has 428 valence electrons. The number of aliphatic carboxylic acids is 1. The summed E-state index contributed by atoms with van der Waals surface area (Å²) in [6.07, 6.45) is 3.37. The summed E-state index contributed by atoms with van der Waals surface area (Å²) in [4.78, 5) is 48.1. The van der Waals surface area contributed by atoms with Crippen molar-refractivity contribution in [2.45, 2.75) is 122 Å². The van der Waals surface area contributed by atoms with E-state index in [1.54, 1.807) is 31.2 Å². The minimum atomic E-state index is -1.85. The summed E-state index contributed by atoms with van der Waals surface area (Å²) in [5, 5.41) is 29.6. The molecule has 5 aromatic rings. The molecule has 0 bridgehead atoms. The SMILES string of the molecule is C=CC(C)(CNC(=O)c1ccc(NC(=O)C2N[C@@H](CC(C)(C)C)[C@](C#N)(c3ccc(Cl)cc3F)[C@H]2c2cccc(Cl)c2F)c(OC)c1)OCCC(C)(C)Oc1ccc(OCCCOc2c(N)nc(N)nc2CC)c(CCC(=O)O)c1. The van der Waals surface area contributed by atoms with Crippen LogP contribution in [0.4, 0.5) is 26.2 Å². The van der Waals surface area contributed by atoms with Gasteiger partial charge in [0.25, 0.3) is 5.91 Å². The molecule has 0 spiro atoms. The molecule has 1 saturated heterocycles. The van der Waals surface area contributed by atoms with Crippen LogP contribution in [0.3, 0.4) is 0 Å². The van der Waals surface area contributed by atoms with Gasteiger partial charge >= 0.3 is 5.97 Å². The third-order valence-corrected chi connectivity index (χ3v) is 14.3. The lowest BCUT2D eigenvalue weighted by atomic mass is 9.62. The van der Waals surface area contributed by atoms with Crippen molar-refractivity contribution in [3.63, 3.8) is 0 Å². The maximum absolute atomic E-state index is 16.3. The lowest BCUT2D eigenvalue weighted by molar-refractivity contribution is -0.137. The van der Waals surface area contributed by atoms with E-state index in [1.165, 1.54) is 55.6 Å². The van der Waals surface area contributed by atoms with Gasteiger partial charge in [-0.1, -0.05) is 75.2 Å². The Labute approximate surface area is 475 Å². The Hall–Kier alpha value is -7.24. The Morgan fingerprint density at radius 3 is 2.36 bits per heavy atom. The lowest BCUT2D eigenvalue weighted by Gasteiger charge is -2.37. The molecule has 6 rings (SSSR count). The van der Waals surface area contributed by atoms with Crippen LogP contribution in [0, 0.1) is 28.4 Å². The number of aromatic nitrogens is 2. The van der Waals surface area contributed by atoms with Gasteiger partial charge in [-0.15, -0.1) is 6.58 Å². The van der Waals surface area contributed by atoms with Crippen molar-refractivity contribution < 1.29 is 52.0 Å². The summed E-state index contributed by atoms with van der Waals surface area (Å²) in [6, 6.07) is 18.0. The van der Waals surface area contributed by atoms with E-state index in [2.05, 4.69) is 38.6 Å². The van der Waals surface area contributed by atoms with E-state index >= 15 is 8.78 Å². The second kappa shape index (κ2) is 26.4. The van der Waals surface area contributed by atoms with Gasteiger partial charge in [-0.3, -0.25) is 14.4 Å². The fraction of sp³-hybridized carbons (Fsp3) is 0.424. The number of nitrogens with one attached hydrogen (secondary N) is 3. The largest absolute Gasteiger partial charge is 0.495 e. The van der Waals surface area contributed by atoms with Crippen molar-refractivity contribution in [2.75, 3.05) is 50.3 Å². The molecular weight excluding hydrogens is 1070 g/mol. The predicted octanol–water partition coefficient (Wildman–Crippen LogP) is 10.6. The fourth-order valence-electron chi connectivity index (χ4n) is 9.69. The Kier molecular flexibility index (Phi) is 20.4. The number of halogens is 4. The zero-order valence-electron chi connectivity index (χ0n) is 46.2. The summed E-state index contributed by atoms with van der Waals surface area (Å²) >= 11 is 12.5. The van der Waals surface area contributed by atoms with Gasteiger partial charge in [-0.25, -0.2) is 13.8 Å². The lowest BCUT2D eigenvalue weighted by Crippen LogP contribution is -2.45. The zero-order valence-corrected chi connectivity index (χ0v) is 47.7. The predicted molar refractivity (Wildman–Crippen MR) is 304 cm³/mol. The van der Waals surface area contributed by atoms with E-state index < -0.39 is 69.5 Å². The quantitative estimate of drug-likeness (QED) is 0.0222. The highest BCUT2D eigenvalue weighted by Crippen LogP contribution is 2.53. The number of carbonyl (C=O) groups is 3. The first-order chi connectivity index (χ1) is 37.8. The van der Waals surface area contributed by atoms with Gasteiger partial charge in [0.2, 0.25) is 11.9 Å². The van der Waals surface area contributed by atoms with Crippen molar-refractivity contribution in [3.05, 3.63) is 135 Å². The molecule has 8 N–H and O–H groups in total. The molecule has 80 heavy (non-hydrogen) atoms. The Morgan fingerprint density at radius 2 is 1.70 bits per heavy atom. The van der Waals surface area contributed by atoms with Crippen LogP contribution in [0.1, 0.15) is 113 Å². The molecule has 2 unspecified atom stereocenters. The molecule has 1 aliphatic heterocycles. The highest BCUT2D eigenvalue weighted by atomic mass is 35.5. The Morgan fingerprint density at radius 1 is 0.963 bits per heavy atom. The van der Waals surface area contributed by atoms with E-state index in [9.17, 15) is 24.8 Å². The van der Waals surface area contributed by atoms with E-state index in [4.69, 9.17) is 58.4 Å². The number of carbonyl (C=O) groups excluding carboxylic acids is 2. The van der Waals surface area contributed by atoms with E-state index in [0.717, 1.165) is 6.07 Å². The van der Waals surface area contributed by atoms with Gasteiger partial charge < -0.3 is 56.2 Å². The number of amides is 2. The molecule has 2 amide bonds. The number of anilines is 3. The molecule has 2 heterocycles. The highest BCUT2D eigenvalue weighted by Gasteiger charge is 2.61. The highest BCUT2D eigenvalue weighted by molar-refractivity contribution is 6.31. The maximum Gasteiger partial charge on any atom is 0.303 e. The number of benzene rings is 4. The van der Waals surface area contributed by atoms with E-state index in [0.29, 0.717) is 47.8 Å². The number of methoxy groups -OCH3 is 1. The summed E-state index contributed by atoms with van der Waals surface area (Å²) in [5.41, 5.74) is 9.09. The molecule has 17 nitrogen and oxygen atoms in total. The van der Waals surface area contributed by atoms with E-state index in [-0.39, 0.29) is 95.6 Å². The van der Waals surface area contributed by atoms with Crippen molar-refractivity contribution >= 4 is 58.4 Å². The molecule has 21 heteroatoms. The normalized spacial score (nSPS) is 17.9. The fourth-order valence-corrected chi connectivity index (χ4v) is 10.0. The van der Waals surface area contributed by atoms with Gasteiger partial charge in [-0.2, -0.15) is 10.2 Å². The average molecular weight is 1140 g/mol. The Bertz CT molecular complexity index is 3120. The van der Waals surface area contributed by atoms with Crippen molar-refractivity contribution in [1.29, 1.82) is 5.26 Å². The Balaban J connectivity index is 1.09. The zero-order chi connectivity index (χ0) is 58.7. The van der Waals surface area contributed by atoms with Gasteiger partial charge in [0, 0.05) is 47.4 Å². The first-order valence-electron chi connectivity index (χ1n) is 26.1. The third-order valence-electron chi connectivity index (χ3n) is 13.8. The number of carboxylic acid groups (broad SMARTS) is 1. The summed E-state index contributed by atoms with van der Waals surface area (Å²) in [5.74, 6) is -3.37. The van der Waals surface area contributed by atoms with Gasteiger partial charge in [0.15, 0.2) is 11.6 Å². The number of nitrogen functional groups attached to an aromatic ring is 2. The standard InChI is InChI=1S/C59H70Cl2F2N8O9/c1-10-42-51(52(65)71-55(66)69-42)78-26-13-25-77-44-22-19-37(28-34(44)17-23-47(72)73)80-57(6,7)24-27-79-58(8,11-2)33-67-53(74)35-16-21-43(45(29-35)76-9)68-54(75)50-48(38-14-12-15-40(61)49(38)63)59(32-64,46(70-50)31-56(3,4)5)39-20-18-36(60)30-41(39)62/h11-12,14-16,18-22,28-30,46,48,50,70H,2,10,13,17,23-27,31,33H2,1,3-9H3,(H,67,74)(H,68,75)(H,72,73)(H4,65,66,69,71)/t46-,48-,50?,58?,59-/m0/s1. The van der Waals surface area contributed by atoms with Crippen molar-refractivity contribution in [2.24, 2.45) is 5.41 Å². The molecule has 4 aromatic carbocycles. The second-order valence-corrected chi connectivity index (χ2v) is 22.4. The number of hydrogen-bond donors (Lipinski definition) is 6. The van der Waals surface area contributed by atoms with Gasteiger partial charge in [0.1, 0.15) is 45.5 Å². The number of ether oxygens (including phenoxy) is 5. The van der Waals surface area contributed by atoms with Crippen LogP contribution in [0.5, 0.6) is 23.0 Å². The molecule has 1 aliphatic rings. The van der Waals surface area contributed by atoms with Crippen molar-refractivity contribution in [1.82, 2.24) is 20.6 Å². The monoisotopic (exact) mass is 1140 g/mol. The van der Waals surface area contributed by atoms with Crippen LogP contribution in [0.2, 0.25) is 10.0 Å². The van der Waals surface area contributed by atoms with Crippen LogP contribution in [-0.2, 0) is 32.6 Å². The third kappa shape index (κ3) is 15.2. The number of carboxylic acids is 1. The minimum Gasteiger partial charge on any atom is -0.495 e. The molecular formula is C59H70Cl2F2N8O9. The van der Waals surface area contributed by atoms with Crippen LogP contribution < -0.4 is 46.4 Å². The van der Waals surface area contributed by atoms with Crippen molar-refractivity contribution in [3.8, 4) is 29.1 Å². The second-order valence-electron chi connectivity index (χ2n) is 21.6. The van der Waals surface area contributed by atoms with E-state index in [1.807, 2.05) is 41.5 Å². The molecule has 1 aromatic heterocycles. The summed E-state index contributed by atoms with van der Waals surface area (Å²) < 4.78 is 62.7. The number of nitriles is 1. The van der Waals surface area contributed by atoms with Gasteiger partial charge in [-0.05, 0) is 111 Å². The average Bonchev–Trinajstić information content (AvgIpc) is 3.96. The summed E-state index contributed by atoms with van der Waals surface area (Å²) in [7, 11) is 1.36. The number of nitrogens with zero attached hydrogens (tertiary/aromatic N) is 3. The van der Waals surface area contributed by atoms with Gasteiger partial charge in [0.05, 0.1) is 62.0 Å². The first-order valence-corrected chi connectivity index (χ1v) is 26.9. The van der Waals surface area contributed by atoms with Crippen LogP contribution in [0.15, 0.2) is 85.5 Å². The summed E-state index contributed by atoms with van der Waals surface area (Å²) in [6.45, 7) is 18.0. The maximum atomic E-state index is 16.3. The minimum absolute atomic E-state index is 0.0148. The first kappa shape index (κ1) is 62.0. The number of aryl methyl sites for hydroxylation is 2. The van der Waals surface area contributed by atoms with Crippen LogP contribution in [-0.4, -0.2) is 89.6 Å².